The minimum atomic E-state index is -0.941. The molecule has 0 spiro atoms. The van der Waals surface area contributed by atoms with Gasteiger partial charge in [-0.1, -0.05) is 50.6 Å². The number of anilines is 1. The topological polar surface area (TPSA) is 108 Å². The summed E-state index contributed by atoms with van der Waals surface area (Å²) in [5.41, 5.74) is 1.98. The van der Waals surface area contributed by atoms with E-state index in [1.807, 2.05) is 57.2 Å². The largest absolute Gasteiger partial charge is 0.491 e. The Balaban J connectivity index is 1.32. The van der Waals surface area contributed by atoms with Gasteiger partial charge >= 0.3 is 0 Å². The molecule has 1 heterocycles. The summed E-state index contributed by atoms with van der Waals surface area (Å²) >= 11 is 0. The van der Waals surface area contributed by atoms with Crippen LogP contribution in [-0.4, -0.2) is 53.7 Å². The summed E-state index contributed by atoms with van der Waals surface area (Å²) in [4.78, 5) is 41.1. The molecule has 1 aliphatic heterocycles. The molecule has 2 aromatic rings. The first-order valence-corrected chi connectivity index (χ1v) is 16.2. The van der Waals surface area contributed by atoms with Crippen LogP contribution < -0.4 is 20.3 Å². The molecule has 1 saturated heterocycles. The zero-order valence-electron chi connectivity index (χ0n) is 25.8. The van der Waals surface area contributed by atoms with Crippen molar-refractivity contribution >= 4 is 23.4 Å². The summed E-state index contributed by atoms with van der Waals surface area (Å²) in [5, 5.41) is 17.8. The lowest BCUT2D eigenvalue weighted by Crippen LogP contribution is -2.47. The molecule has 8 heteroatoms. The van der Waals surface area contributed by atoms with Crippen molar-refractivity contribution in [2.75, 3.05) is 11.4 Å². The molecule has 232 valence electrons. The molecule has 3 N–H and O–H groups in total. The predicted octanol–water partition coefficient (Wildman–Crippen LogP) is 5.02. The van der Waals surface area contributed by atoms with E-state index in [0.717, 1.165) is 30.7 Å². The van der Waals surface area contributed by atoms with Crippen LogP contribution in [0.15, 0.2) is 48.5 Å². The fraction of sp³-hybridized carbons (Fsp3) is 0.571. The van der Waals surface area contributed by atoms with E-state index in [1.165, 1.54) is 19.3 Å². The minimum absolute atomic E-state index is 0.0297. The Bertz CT molecular complexity index is 1280. The third-order valence-electron chi connectivity index (χ3n) is 9.64. The van der Waals surface area contributed by atoms with Crippen LogP contribution in [0.3, 0.4) is 0 Å². The van der Waals surface area contributed by atoms with Crippen LogP contribution in [0.1, 0.15) is 88.1 Å². The first-order valence-electron chi connectivity index (χ1n) is 16.2. The van der Waals surface area contributed by atoms with Gasteiger partial charge in [-0.2, -0.15) is 0 Å². The Morgan fingerprint density at radius 2 is 1.88 bits per heavy atom. The zero-order valence-corrected chi connectivity index (χ0v) is 25.8. The van der Waals surface area contributed by atoms with Crippen LogP contribution in [0.5, 0.6) is 5.75 Å². The third-order valence-corrected chi connectivity index (χ3v) is 9.64. The monoisotopic (exact) mass is 589 g/mol. The number of fused-ring (bicyclic) bond motifs is 2. The molecule has 0 aromatic heterocycles. The van der Waals surface area contributed by atoms with Crippen molar-refractivity contribution in [3.8, 4) is 5.75 Å². The Morgan fingerprint density at radius 3 is 2.53 bits per heavy atom. The fourth-order valence-corrected chi connectivity index (χ4v) is 6.96. The average Bonchev–Trinajstić information content (AvgIpc) is 3.74. The Kier molecular flexibility index (Phi) is 10.1. The van der Waals surface area contributed by atoms with Crippen LogP contribution in [0.4, 0.5) is 5.69 Å². The molecule has 5 rings (SSSR count). The van der Waals surface area contributed by atoms with E-state index in [9.17, 15) is 19.5 Å². The molecule has 2 aromatic carbocycles. The summed E-state index contributed by atoms with van der Waals surface area (Å²) < 4.78 is 6.08. The molecule has 7 atom stereocenters. The maximum atomic E-state index is 13.8. The minimum Gasteiger partial charge on any atom is -0.491 e. The number of aliphatic hydroxyl groups excluding tert-OH is 1. The van der Waals surface area contributed by atoms with E-state index in [2.05, 4.69) is 10.6 Å². The van der Waals surface area contributed by atoms with Gasteiger partial charge in [0.25, 0.3) is 5.91 Å². The van der Waals surface area contributed by atoms with Gasteiger partial charge in [-0.3, -0.25) is 14.4 Å². The highest BCUT2D eigenvalue weighted by molar-refractivity contribution is 5.99. The third kappa shape index (κ3) is 7.77. The zero-order chi connectivity index (χ0) is 30.5. The second-order valence-electron chi connectivity index (χ2n) is 13.0. The first-order chi connectivity index (χ1) is 20.7. The van der Waals surface area contributed by atoms with E-state index < -0.39 is 18.1 Å². The summed E-state index contributed by atoms with van der Waals surface area (Å²) in [6.45, 7) is 6.45. The average molecular weight is 590 g/mol. The molecule has 2 aliphatic carbocycles. The fourth-order valence-electron chi connectivity index (χ4n) is 6.96. The standard InChI is InChI=1S/C35H47N3O5/c1-4-23(3)43-29-20-27(19-28(21-29)38-14-8-11-33(38)40)35(42)37-31(17-24-9-6-5-7-10-24)32(39)15-22(2)34(41)36-30-18-25-12-13-26(30)16-25/h5-7,9-10,19-23,25-26,30-32,39H,4,8,11-18H2,1-3H3,(H,36,41)(H,37,42)/t22?,23-,25?,26?,30?,31-,32?/m0/s1. The van der Waals surface area contributed by atoms with Gasteiger partial charge in [0, 0.05) is 42.2 Å². The van der Waals surface area contributed by atoms with E-state index in [4.69, 9.17) is 4.74 Å². The molecular formula is C35H47N3O5. The van der Waals surface area contributed by atoms with Crippen molar-refractivity contribution in [3.05, 3.63) is 59.7 Å². The molecule has 43 heavy (non-hydrogen) atoms. The maximum Gasteiger partial charge on any atom is 0.251 e. The van der Waals surface area contributed by atoms with Crippen molar-refractivity contribution in [2.45, 2.75) is 103 Å². The van der Waals surface area contributed by atoms with Crippen LogP contribution in [0, 0.1) is 17.8 Å². The van der Waals surface area contributed by atoms with Gasteiger partial charge in [0.15, 0.2) is 0 Å². The highest BCUT2D eigenvalue weighted by atomic mass is 16.5. The second kappa shape index (κ2) is 13.9. The van der Waals surface area contributed by atoms with Crippen molar-refractivity contribution in [3.63, 3.8) is 0 Å². The Morgan fingerprint density at radius 1 is 1.09 bits per heavy atom. The predicted molar refractivity (Wildman–Crippen MR) is 167 cm³/mol. The summed E-state index contributed by atoms with van der Waals surface area (Å²) in [6.07, 6.45) is 6.44. The number of aliphatic hydroxyl groups is 1. The molecule has 2 bridgehead atoms. The van der Waals surface area contributed by atoms with Gasteiger partial charge in [-0.15, -0.1) is 0 Å². The number of hydrogen-bond donors (Lipinski definition) is 3. The van der Waals surface area contributed by atoms with Crippen LogP contribution in [0.25, 0.3) is 0 Å². The number of rotatable bonds is 13. The number of nitrogens with one attached hydrogen (secondary N) is 2. The number of hydrogen-bond acceptors (Lipinski definition) is 5. The Labute approximate surface area is 255 Å². The van der Waals surface area contributed by atoms with Crippen molar-refractivity contribution in [1.82, 2.24) is 10.6 Å². The normalized spacial score (nSPS) is 24.0. The molecule has 5 unspecified atom stereocenters. The molecule has 0 radical (unpaired) electrons. The molecule has 3 aliphatic rings. The summed E-state index contributed by atoms with van der Waals surface area (Å²) in [5.74, 6) is 1.09. The number of carbonyl (C=O) groups excluding carboxylic acids is 3. The number of ether oxygens (including phenoxy) is 1. The smallest absolute Gasteiger partial charge is 0.251 e. The number of benzene rings is 2. The van der Waals surface area contributed by atoms with Gasteiger partial charge < -0.3 is 25.4 Å². The molecule has 3 fully saturated rings. The quantitative estimate of drug-likeness (QED) is 0.304. The highest BCUT2D eigenvalue weighted by Crippen LogP contribution is 2.44. The number of nitrogens with zero attached hydrogens (tertiary/aromatic N) is 1. The van der Waals surface area contributed by atoms with Gasteiger partial charge in [-0.25, -0.2) is 0 Å². The van der Waals surface area contributed by atoms with Crippen LogP contribution in [-0.2, 0) is 16.0 Å². The molecular weight excluding hydrogens is 542 g/mol. The maximum absolute atomic E-state index is 13.8. The van der Waals surface area contributed by atoms with Crippen molar-refractivity contribution < 1.29 is 24.2 Å². The highest BCUT2D eigenvalue weighted by Gasteiger charge is 2.40. The van der Waals surface area contributed by atoms with Gasteiger partial charge in [-0.05, 0) is 81.4 Å². The van der Waals surface area contributed by atoms with Gasteiger partial charge in [0.05, 0.1) is 18.2 Å². The van der Waals surface area contributed by atoms with Crippen LogP contribution in [0.2, 0.25) is 0 Å². The Hall–Kier alpha value is -3.39. The lowest BCUT2D eigenvalue weighted by Gasteiger charge is -2.28. The summed E-state index contributed by atoms with van der Waals surface area (Å²) in [7, 11) is 0. The van der Waals surface area contributed by atoms with E-state index in [1.54, 1.807) is 17.0 Å². The van der Waals surface area contributed by atoms with Crippen molar-refractivity contribution in [2.24, 2.45) is 17.8 Å². The lowest BCUT2D eigenvalue weighted by molar-refractivity contribution is -0.126. The summed E-state index contributed by atoms with van der Waals surface area (Å²) in [6, 6.07) is 14.6. The number of amides is 3. The number of carbonyl (C=O) groups is 3. The van der Waals surface area contributed by atoms with Gasteiger partial charge in [0.2, 0.25) is 11.8 Å². The van der Waals surface area contributed by atoms with Gasteiger partial charge in [0.1, 0.15) is 5.75 Å². The van der Waals surface area contributed by atoms with Crippen LogP contribution >= 0.6 is 0 Å². The molecule has 2 saturated carbocycles. The second-order valence-corrected chi connectivity index (χ2v) is 13.0. The molecule has 3 amide bonds. The van der Waals surface area contributed by atoms with E-state index in [0.29, 0.717) is 42.3 Å². The van der Waals surface area contributed by atoms with Crippen molar-refractivity contribution in [1.29, 1.82) is 0 Å². The molecule has 8 nitrogen and oxygen atoms in total. The van der Waals surface area contributed by atoms with E-state index >= 15 is 0 Å². The first kappa shape index (κ1) is 31.0. The van der Waals surface area contributed by atoms with E-state index in [-0.39, 0.29) is 36.3 Å². The lowest BCUT2D eigenvalue weighted by atomic mass is 9.91. The SMILES string of the molecule is CC[C@H](C)Oc1cc(C(=O)N[C@@H](Cc2ccccc2)C(O)CC(C)C(=O)NC2CC3CCC2C3)cc(N2CCCC2=O)c1.